The molecule has 3 N–H and O–H groups in total. The molecule has 7 nitrogen and oxygen atoms in total. The molecule has 1 aromatic heterocycles. The molecule has 1 aliphatic heterocycles. The average Bonchev–Trinajstić information content (AvgIpc) is 3.26. The number of nitrogens with one attached hydrogen (secondary N) is 2. The number of aryl methyl sites for hydroxylation is 1. The number of nitrogens with zero attached hydrogens (tertiary/aromatic N) is 3. The van der Waals surface area contributed by atoms with Gasteiger partial charge in [-0.05, 0) is 61.9 Å². The molecule has 2 amide bonds. The molecule has 0 radical (unpaired) electrons. The SMILES string of the molecule is CC(C[C@@H](O)N1CCC[C@@H](Cc2ccc(F)cc2)C1)NC(=O)Nc1cccc(-c2nccn2C)c1. The number of aliphatic hydroxyl groups excluding tert-OH is 1. The summed E-state index contributed by atoms with van der Waals surface area (Å²) >= 11 is 0. The summed E-state index contributed by atoms with van der Waals surface area (Å²) in [5.41, 5.74) is 2.71. The summed E-state index contributed by atoms with van der Waals surface area (Å²) in [5.74, 6) is 1.02. The highest BCUT2D eigenvalue weighted by Gasteiger charge is 2.26. The summed E-state index contributed by atoms with van der Waals surface area (Å²) in [5, 5.41) is 16.6. The van der Waals surface area contributed by atoms with Crippen molar-refractivity contribution in [3.05, 3.63) is 72.3 Å². The highest BCUT2D eigenvalue weighted by atomic mass is 19.1. The molecule has 1 unspecified atom stereocenters. The van der Waals surface area contributed by atoms with Crippen molar-refractivity contribution in [3.8, 4) is 11.4 Å². The molecule has 4 rings (SSSR count). The summed E-state index contributed by atoms with van der Waals surface area (Å²) < 4.78 is 15.1. The lowest BCUT2D eigenvalue weighted by Gasteiger charge is -2.37. The summed E-state index contributed by atoms with van der Waals surface area (Å²) in [4.78, 5) is 19.0. The van der Waals surface area contributed by atoms with Crippen LogP contribution in [0.4, 0.5) is 14.9 Å². The van der Waals surface area contributed by atoms with Crippen molar-refractivity contribution >= 4 is 11.7 Å². The number of hydrogen-bond donors (Lipinski definition) is 3. The van der Waals surface area contributed by atoms with Crippen molar-refractivity contribution < 1.29 is 14.3 Å². The maximum atomic E-state index is 13.2. The predicted octanol–water partition coefficient (Wildman–Crippen LogP) is 4.40. The second-order valence-corrected chi connectivity index (χ2v) is 9.49. The molecule has 3 atom stereocenters. The van der Waals surface area contributed by atoms with E-state index >= 15 is 0 Å². The minimum Gasteiger partial charge on any atom is -0.378 e. The van der Waals surface area contributed by atoms with Gasteiger partial charge in [-0.2, -0.15) is 0 Å². The van der Waals surface area contributed by atoms with Crippen LogP contribution < -0.4 is 10.6 Å². The van der Waals surface area contributed by atoms with E-state index < -0.39 is 6.23 Å². The molecular formula is C27H34FN5O2. The number of aliphatic hydroxyl groups is 1. The largest absolute Gasteiger partial charge is 0.378 e. The quantitative estimate of drug-likeness (QED) is 0.447. The van der Waals surface area contributed by atoms with Crippen LogP contribution in [0.15, 0.2) is 60.9 Å². The van der Waals surface area contributed by atoms with E-state index in [1.165, 1.54) is 12.1 Å². The van der Waals surface area contributed by atoms with Crippen molar-refractivity contribution in [2.45, 2.75) is 44.9 Å². The number of benzene rings is 2. The summed E-state index contributed by atoms with van der Waals surface area (Å²) in [6, 6.07) is 13.7. The first-order valence-electron chi connectivity index (χ1n) is 12.2. The molecule has 1 aliphatic rings. The Bertz CT molecular complexity index is 1120. The minimum atomic E-state index is -0.631. The van der Waals surface area contributed by atoms with Gasteiger partial charge in [0.2, 0.25) is 0 Å². The van der Waals surface area contributed by atoms with Crippen molar-refractivity contribution in [3.63, 3.8) is 0 Å². The Labute approximate surface area is 206 Å². The first kappa shape index (κ1) is 24.9. The molecule has 1 fully saturated rings. The molecule has 2 aromatic carbocycles. The van der Waals surface area contributed by atoms with Crippen LogP contribution in [0.5, 0.6) is 0 Å². The molecule has 8 heteroatoms. The second-order valence-electron chi connectivity index (χ2n) is 9.49. The van der Waals surface area contributed by atoms with E-state index in [-0.39, 0.29) is 17.9 Å². The van der Waals surface area contributed by atoms with Crippen molar-refractivity contribution in [2.75, 3.05) is 18.4 Å². The first-order chi connectivity index (χ1) is 16.9. The first-order valence-corrected chi connectivity index (χ1v) is 12.2. The maximum Gasteiger partial charge on any atom is 0.319 e. The van der Waals surface area contributed by atoms with Crippen LogP contribution in [-0.2, 0) is 13.5 Å². The Morgan fingerprint density at radius 3 is 2.80 bits per heavy atom. The zero-order valence-corrected chi connectivity index (χ0v) is 20.3. The van der Waals surface area contributed by atoms with Gasteiger partial charge in [-0.1, -0.05) is 24.3 Å². The Balaban J connectivity index is 1.25. The van der Waals surface area contributed by atoms with Crippen molar-refractivity contribution in [2.24, 2.45) is 13.0 Å². The lowest BCUT2D eigenvalue weighted by atomic mass is 9.91. The van der Waals surface area contributed by atoms with Crippen LogP contribution in [-0.4, -0.2) is 50.9 Å². The third-order valence-corrected chi connectivity index (χ3v) is 6.55. The fourth-order valence-corrected chi connectivity index (χ4v) is 4.78. The summed E-state index contributed by atoms with van der Waals surface area (Å²) in [7, 11) is 1.93. The van der Waals surface area contributed by atoms with Crippen LogP contribution in [0.1, 0.15) is 31.7 Å². The highest BCUT2D eigenvalue weighted by Crippen LogP contribution is 2.24. The number of halogens is 1. The third-order valence-electron chi connectivity index (χ3n) is 6.55. The van der Waals surface area contributed by atoms with E-state index in [0.717, 1.165) is 49.3 Å². The molecule has 0 bridgehead atoms. The van der Waals surface area contributed by atoms with Crippen molar-refractivity contribution in [1.82, 2.24) is 19.8 Å². The number of piperidine rings is 1. The molecule has 2 heterocycles. The maximum absolute atomic E-state index is 13.2. The Morgan fingerprint density at radius 2 is 2.06 bits per heavy atom. The highest BCUT2D eigenvalue weighted by molar-refractivity contribution is 5.90. The minimum absolute atomic E-state index is 0.208. The molecule has 0 aliphatic carbocycles. The van der Waals surface area contributed by atoms with Gasteiger partial charge < -0.3 is 20.3 Å². The van der Waals surface area contributed by atoms with E-state index in [0.29, 0.717) is 18.0 Å². The lowest BCUT2D eigenvalue weighted by Crippen LogP contribution is -2.47. The van der Waals surface area contributed by atoms with Crippen LogP contribution in [0.3, 0.4) is 0 Å². The Hall–Kier alpha value is -3.23. The number of urea groups is 1. The van der Waals surface area contributed by atoms with Gasteiger partial charge in [0.05, 0.1) is 0 Å². The molecular weight excluding hydrogens is 445 g/mol. The number of carbonyl (C=O) groups excluding carboxylic acids is 1. The molecule has 0 saturated carbocycles. The molecule has 35 heavy (non-hydrogen) atoms. The fourth-order valence-electron chi connectivity index (χ4n) is 4.78. The van der Waals surface area contributed by atoms with Gasteiger partial charge in [-0.3, -0.25) is 4.90 Å². The van der Waals surface area contributed by atoms with E-state index in [2.05, 4.69) is 20.5 Å². The van der Waals surface area contributed by atoms with E-state index in [1.54, 1.807) is 6.20 Å². The topological polar surface area (TPSA) is 82.4 Å². The van der Waals surface area contributed by atoms with Gasteiger partial charge >= 0.3 is 6.03 Å². The third kappa shape index (κ3) is 6.90. The summed E-state index contributed by atoms with van der Waals surface area (Å²) in [6.45, 7) is 3.52. The van der Waals surface area contributed by atoms with Crippen LogP contribution in [0.2, 0.25) is 0 Å². The van der Waals surface area contributed by atoms with Gasteiger partial charge in [0.1, 0.15) is 17.9 Å². The van der Waals surface area contributed by atoms with E-state index in [4.69, 9.17) is 0 Å². The number of rotatable bonds is 8. The van der Waals surface area contributed by atoms with Gasteiger partial charge in [0.25, 0.3) is 0 Å². The molecule has 186 valence electrons. The lowest BCUT2D eigenvalue weighted by molar-refractivity contribution is -0.0306. The zero-order chi connectivity index (χ0) is 24.8. The van der Waals surface area contributed by atoms with E-state index in [9.17, 15) is 14.3 Å². The number of carbonyl (C=O) groups is 1. The fraction of sp³-hybridized carbons (Fsp3) is 0.407. The van der Waals surface area contributed by atoms with Crippen LogP contribution >= 0.6 is 0 Å². The Kier molecular flexibility index (Phi) is 8.15. The Morgan fingerprint density at radius 1 is 1.26 bits per heavy atom. The van der Waals surface area contributed by atoms with Gasteiger partial charge in [0, 0.05) is 56.2 Å². The number of aromatic nitrogens is 2. The van der Waals surface area contributed by atoms with Crippen LogP contribution in [0.25, 0.3) is 11.4 Å². The van der Waals surface area contributed by atoms with Gasteiger partial charge in [-0.25, -0.2) is 14.2 Å². The number of hydrogen-bond acceptors (Lipinski definition) is 4. The number of imidazole rings is 1. The molecule has 1 saturated heterocycles. The number of anilines is 1. The monoisotopic (exact) mass is 479 g/mol. The van der Waals surface area contributed by atoms with Crippen LogP contribution in [0, 0.1) is 11.7 Å². The molecule has 3 aromatic rings. The molecule has 0 spiro atoms. The predicted molar refractivity (Wildman–Crippen MR) is 135 cm³/mol. The number of likely N-dealkylation sites (tertiary alicyclic amines) is 1. The van der Waals surface area contributed by atoms with E-state index in [1.807, 2.05) is 61.1 Å². The smallest absolute Gasteiger partial charge is 0.319 e. The van der Waals surface area contributed by atoms with Gasteiger partial charge in [0.15, 0.2) is 0 Å². The average molecular weight is 480 g/mol. The zero-order valence-electron chi connectivity index (χ0n) is 20.3. The number of amides is 2. The normalized spacial score (nSPS) is 18.1. The van der Waals surface area contributed by atoms with Crippen molar-refractivity contribution in [1.29, 1.82) is 0 Å². The summed E-state index contributed by atoms with van der Waals surface area (Å²) in [6.07, 6.45) is 6.39. The second kappa shape index (κ2) is 11.5. The standard InChI is InChI=1S/C27H34FN5O2/c1-19(30-27(35)31-24-7-3-6-22(17-24)26-29-12-14-32(26)2)15-25(34)33-13-4-5-21(18-33)16-20-8-10-23(28)11-9-20/h3,6-12,14,17,19,21,25,34H,4-5,13,15-16,18H2,1-2H3,(H2,30,31,35)/t19?,21-,25+/m0/s1. The van der Waals surface area contributed by atoms with Gasteiger partial charge in [-0.15, -0.1) is 0 Å².